The Hall–Kier alpha value is -1.35. The molecule has 1 aliphatic carbocycles. The minimum atomic E-state index is -0.199. The van der Waals surface area contributed by atoms with Crippen LogP contribution in [0.4, 0.5) is 5.69 Å². The van der Waals surface area contributed by atoms with Gasteiger partial charge in [0.05, 0.1) is 6.10 Å². The largest absolute Gasteiger partial charge is 0.391 e. The summed E-state index contributed by atoms with van der Waals surface area (Å²) >= 11 is 0. The third kappa shape index (κ3) is 1.52. The van der Waals surface area contributed by atoms with Crippen molar-refractivity contribution in [2.45, 2.75) is 25.4 Å². The number of anilines is 1. The highest BCUT2D eigenvalue weighted by atomic mass is 16.3. The molecule has 3 rings (SSSR count). The monoisotopic (exact) mass is 217 g/mol. The molecule has 1 aromatic carbocycles. The Bertz CT molecular complexity index is 442. The number of hydrogen-bond acceptors (Lipinski definition) is 3. The summed E-state index contributed by atoms with van der Waals surface area (Å²) in [5.41, 5.74) is 3.21. The molecule has 1 N–H and O–H groups in total. The Labute approximate surface area is 94.7 Å². The smallest absolute Gasteiger partial charge is 0.163 e. The highest BCUT2D eigenvalue weighted by molar-refractivity contribution is 6.00. The molecule has 0 saturated carbocycles. The Morgan fingerprint density at radius 3 is 2.94 bits per heavy atom. The van der Waals surface area contributed by atoms with Crippen molar-refractivity contribution in [2.75, 3.05) is 18.0 Å². The molecule has 0 spiro atoms. The molecule has 0 radical (unpaired) electrons. The number of β-amino-alcohol motifs (C(OH)–C–C–N with tert-alkyl or cyclic N) is 1. The number of aliphatic hydroxyl groups is 1. The van der Waals surface area contributed by atoms with Gasteiger partial charge in [0.1, 0.15) is 0 Å². The second-order valence-electron chi connectivity index (χ2n) is 4.65. The number of nitrogens with zero attached hydrogens (tertiary/aromatic N) is 1. The second kappa shape index (κ2) is 3.59. The summed E-state index contributed by atoms with van der Waals surface area (Å²) in [7, 11) is 0. The van der Waals surface area contributed by atoms with E-state index in [0.717, 1.165) is 30.6 Å². The van der Waals surface area contributed by atoms with Gasteiger partial charge in [-0.25, -0.2) is 0 Å². The van der Waals surface area contributed by atoms with Gasteiger partial charge in [0.25, 0.3) is 0 Å². The number of benzene rings is 1. The van der Waals surface area contributed by atoms with E-state index >= 15 is 0 Å². The van der Waals surface area contributed by atoms with E-state index in [9.17, 15) is 9.90 Å². The van der Waals surface area contributed by atoms with Crippen LogP contribution in [0, 0.1) is 0 Å². The molecule has 1 aliphatic heterocycles. The first kappa shape index (κ1) is 9.85. The van der Waals surface area contributed by atoms with Gasteiger partial charge in [-0.05, 0) is 36.6 Å². The third-order valence-electron chi connectivity index (χ3n) is 3.54. The average Bonchev–Trinajstić information content (AvgIpc) is 2.86. The normalized spacial score (nSPS) is 23.9. The summed E-state index contributed by atoms with van der Waals surface area (Å²) in [6, 6.07) is 6.04. The third-order valence-corrected chi connectivity index (χ3v) is 3.54. The van der Waals surface area contributed by atoms with Gasteiger partial charge in [-0.2, -0.15) is 0 Å². The fourth-order valence-electron chi connectivity index (χ4n) is 2.61. The summed E-state index contributed by atoms with van der Waals surface area (Å²) in [6.45, 7) is 1.63. The summed E-state index contributed by atoms with van der Waals surface area (Å²) < 4.78 is 0. The van der Waals surface area contributed by atoms with Gasteiger partial charge < -0.3 is 10.0 Å². The van der Waals surface area contributed by atoms with Crippen molar-refractivity contribution < 1.29 is 9.90 Å². The summed E-state index contributed by atoms with van der Waals surface area (Å²) in [5, 5.41) is 9.50. The Morgan fingerprint density at radius 1 is 1.31 bits per heavy atom. The van der Waals surface area contributed by atoms with E-state index in [2.05, 4.69) is 11.0 Å². The summed E-state index contributed by atoms with van der Waals surface area (Å²) in [4.78, 5) is 13.7. The highest BCUT2D eigenvalue weighted by Gasteiger charge is 2.23. The predicted molar refractivity (Wildman–Crippen MR) is 61.9 cm³/mol. The van der Waals surface area contributed by atoms with Crippen molar-refractivity contribution in [2.24, 2.45) is 0 Å². The number of rotatable bonds is 1. The van der Waals surface area contributed by atoms with Gasteiger partial charge in [0.15, 0.2) is 5.78 Å². The van der Waals surface area contributed by atoms with Crippen molar-refractivity contribution >= 4 is 11.5 Å². The lowest BCUT2D eigenvalue weighted by molar-refractivity contribution is 0.0994. The number of aryl methyl sites for hydroxylation is 1. The second-order valence-corrected chi connectivity index (χ2v) is 4.65. The first-order chi connectivity index (χ1) is 7.74. The van der Waals surface area contributed by atoms with Crippen LogP contribution in [0.2, 0.25) is 0 Å². The van der Waals surface area contributed by atoms with E-state index in [1.54, 1.807) is 0 Å². The molecule has 0 aromatic heterocycles. The average molecular weight is 217 g/mol. The zero-order valence-electron chi connectivity index (χ0n) is 9.15. The molecule has 84 valence electrons. The lowest BCUT2D eigenvalue weighted by Crippen LogP contribution is -2.21. The lowest BCUT2D eigenvalue weighted by atomic mass is 10.1. The molecule has 1 aromatic rings. The van der Waals surface area contributed by atoms with Crippen molar-refractivity contribution in [1.82, 2.24) is 0 Å². The van der Waals surface area contributed by atoms with Crippen molar-refractivity contribution in [3.8, 4) is 0 Å². The van der Waals surface area contributed by atoms with Gasteiger partial charge in [-0.3, -0.25) is 4.79 Å². The number of carbonyl (C=O) groups is 1. The van der Waals surface area contributed by atoms with E-state index in [-0.39, 0.29) is 11.9 Å². The van der Waals surface area contributed by atoms with E-state index in [1.807, 2.05) is 12.1 Å². The minimum absolute atomic E-state index is 0.199. The van der Waals surface area contributed by atoms with Crippen LogP contribution in [0.3, 0.4) is 0 Å². The first-order valence-corrected chi connectivity index (χ1v) is 5.83. The molecular weight excluding hydrogens is 202 g/mol. The van der Waals surface area contributed by atoms with E-state index in [4.69, 9.17) is 0 Å². The van der Waals surface area contributed by atoms with Crippen LogP contribution >= 0.6 is 0 Å². The standard InChI is InChI=1S/C13H15NO2/c15-11-5-6-14(8-11)10-2-3-12-9(7-10)1-4-13(12)16/h2-3,7,11,15H,1,4-6,8H2/t11-/m0/s1. The summed E-state index contributed by atoms with van der Waals surface area (Å²) in [6.07, 6.45) is 2.17. The van der Waals surface area contributed by atoms with Gasteiger partial charge in [-0.1, -0.05) is 0 Å². The molecule has 1 fully saturated rings. The topological polar surface area (TPSA) is 40.5 Å². The fraction of sp³-hybridized carbons (Fsp3) is 0.462. The zero-order valence-corrected chi connectivity index (χ0v) is 9.15. The van der Waals surface area contributed by atoms with Crippen molar-refractivity contribution in [1.29, 1.82) is 0 Å². The molecule has 0 bridgehead atoms. The fourth-order valence-corrected chi connectivity index (χ4v) is 2.61. The van der Waals surface area contributed by atoms with Gasteiger partial charge >= 0.3 is 0 Å². The Balaban J connectivity index is 1.90. The number of carbonyl (C=O) groups excluding carboxylic acids is 1. The van der Waals surface area contributed by atoms with Crippen LogP contribution in [-0.4, -0.2) is 30.1 Å². The number of Topliss-reactive ketones (excluding diaryl/α,β-unsaturated/α-hetero) is 1. The molecule has 3 nitrogen and oxygen atoms in total. The summed E-state index contributed by atoms with van der Waals surface area (Å²) in [5.74, 6) is 0.267. The van der Waals surface area contributed by atoms with Gasteiger partial charge in [0, 0.05) is 30.8 Å². The van der Waals surface area contributed by atoms with Crippen LogP contribution in [0.25, 0.3) is 0 Å². The molecule has 0 unspecified atom stereocenters. The Kier molecular flexibility index (Phi) is 2.21. The SMILES string of the molecule is O=C1CCc2cc(N3CC[C@H](O)C3)ccc21. The van der Waals surface area contributed by atoms with E-state index in [0.29, 0.717) is 13.0 Å². The first-order valence-electron chi connectivity index (χ1n) is 5.83. The molecule has 3 heteroatoms. The molecule has 16 heavy (non-hydrogen) atoms. The van der Waals surface area contributed by atoms with Crippen LogP contribution in [0.1, 0.15) is 28.8 Å². The molecule has 1 heterocycles. The molecular formula is C13H15NO2. The maximum atomic E-state index is 11.5. The van der Waals surface area contributed by atoms with Crippen LogP contribution < -0.4 is 4.90 Å². The van der Waals surface area contributed by atoms with E-state index < -0.39 is 0 Å². The molecule has 0 amide bonds. The van der Waals surface area contributed by atoms with Crippen LogP contribution in [-0.2, 0) is 6.42 Å². The maximum absolute atomic E-state index is 11.5. The van der Waals surface area contributed by atoms with Gasteiger partial charge in [0.2, 0.25) is 0 Å². The lowest BCUT2D eigenvalue weighted by Gasteiger charge is -2.18. The molecule has 1 saturated heterocycles. The number of aliphatic hydroxyl groups excluding tert-OH is 1. The van der Waals surface area contributed by atoms with Crippen molar-refractivity contribution in [3.63, 3.8) is 0 Å². The number of fused-ring (bicyclic) bond motifs is 1. The van der Waals surface area contributed by atoms with E-state index in [1.165, 1.54) is 5.56 Å². The quantitative estimate of drug-likeness (QED) is 0.772. The van der Waals surface area contributed by atoms with Crippen LogP contribution in [0.5, 0.6) is 0 Å². The van der Waals surface area contributed by atoms with Gasteiger partial charge in [-0.15, -0.1) is 0 Å². The van der Waals surface area contributed by atoms with Crippen LogP contribution in [0.15, 0.2) is 18.2 Å². The zero-order chi connectivity index (χ0) is 11.1. The number of ketones is 1. The highest BCUT2D eigenvalue weighted by Crippen LogP contribution is 2.28. The maximum Gasteiger partial charge on any atom is 0.163 e. The molecule has 2 aliphatic rings. The number of hydrogen-bond donors (Lipinski definition) is 1. The molecule has 1 atom stereocenters. The Morgan fingerprint density at radius 2 is 2.19 bits per heavy atom. The minimum Gasteiger partial charge on any atom is -0.391 e. The van der Waals surface area contributed by atoms with Crippen molar-refractivity contribution in [3.05, 3.63) is 29.3 Å². The predicted octanol–water partition coefficient (Wildman–Crippen LogP) is 1.39.